The molecule has 2 amide bonds. The van der Waals surface area contributed by atoms with Crippen LogP contribution in [0.15, 0.2) is 54.7 Å². The molecule has 4 rings (SSSR count). The van der Waals surface area contributed by atoms with Crippen LogP contribution >= 0.6 is 0 Å². The number of benzene rings is 2. The molecule has 31 heavy (non-hydrogen) atoms. The summed E-state index contributed by atoms with van der Waals surface area (Å²) in [6, 6.07) is 13.7. The number of aromatic nitrogens is 2. The molecule has 0 bridgehead atoms. The summed E-state index contributed by atoms with van der Waals surface area (Å²) >= 11 is 0. The van der Waals surface area contributed by atoms with Crippen LogP contribution < -0.4 is 0 Å². The van der Waals surface area contributed by atoms with Gasteiger partial charge in [0.15, 0.2) is 0 Å². The number of carbonyl (C=O) groups is 2. The highest BCUT2D eigenvalue weighted by atomic mass is 19.1. The van der Waals surface area contributed by atoms with Crippen molar-refractivity contribution in [3.8, 4) is 5.69 Å². The van der Waals surface area contributed by atoms with Crippen molar-refractivity contribution in [3.63, 3.8) is 0 Å². The Morgan fingerprint density at radius 2 is 1.48 bits per heavy atom. The van der Waals surface area contributed by atoms with Crippen molar-refractivity contribution in [1.29, 1.82) is 0 Å². The molecule has 6 nitrogen and oxygen atoms in total. The van der Waals surface area contributed by atoms with Crippen LogP contribution in [0, 0.1) is 12.7 Å². The van der Waals surface area contributed by atoms with Gasteiger partial charge in [0.05, 0.1) is 23.1 Å². The van der Waals surface area contributed by atoms with Crippen LogP contribution in [-0.2, 0) is 6.42 Å². The summed E-state index contributed by atoms with van der Waals surface area (Å²) in [4.78, 5) is 29.4. The Hall–Kier alpha value is -3.48. The molecule has 0 N–H and O–H groups in total. The molecule has 3 aromatic rings. The summed E-state index contributed by atoms with van der Waals surface area (Å²) in [5.74, 6) is -0.432. The van der Waals surface area contributed by atoms with E-state index in [0.29, 0.717) is 48.7 Å². The summed E-state index contributed by atoms with van der Waals surface area (Å²) in [7, 11) is 0. The molecule has 1 aliphatic heterocycles. The van der Waals surface area contributed by atoms with Gasteiger partial charge in [-0.3, -0.25) is 9.59 Å². The normalized spacial score (nSPS) is 14.0. The van der Waals surface area contributed by atoms with Crippen LogP contribution in [0.2, 0.25) is 0 Å². The first-order chi connectivity index (χ1) is 15.0. The van der Waals surface area contributed by atoms with Gasteiger partial charge in [0.2, 0.25) is 0 Å². The molecule has 1 aliphatic rings. The second-order valence-electron chi connectivity index (χ2n) is 7.67. The fourth-order valence-electron chi connectivity index (χ4n) is 3.81. The molecule has 0 atom stereocenters. The van der Waals surface area contributed by atoms with Crippen molar-refractivity contribution in [2.75, 3.05) is 26.2 Å². The summed E-state index contributed by atoms with van der Waals surface area (Å²) in [5.41, 5.74) is 3.78. The Morgan fingerprint density at radius 3 is 2.06 bits per heavy atom. The van der Waals surface area contributed by atoms with Gasteiger partial charge in [-0.2, -0.15) is 5.10 Å². The van der Waals surface area contributed by atoms with E-state index in [-0.39, 0.29) is 17.6 Å². The third kappa shape index (κ3) is 4.21. The number of amides is 2. The van der Waals surface area contributed by atoms with E-state index in [1.807, 2.05) is 31.2 Å². The molecule has 1 aromatic heterocycles. The lowest BCUT2D eigenvalue weighted by molar-refractivity contribution is 0.0535. The van der Waals surface area contributed by atoms with E-state index in [4.69, 9.17) is 0 Å². The highest BCUT2D eigenvalue weighted by Gasteiger charge is 2.27. The number of halogens is 1. The fourth-order valence-corrected chi connectivity index (χ4v) is 3.81. The molecular formula is C24H25FN4O2. The zero-order valence-electron chi connectivity index (χ0n) is 17.7. The number of rotatable bonds is 4. The van der Waals surface area contributed by atoms with Crippen LogP contribution in [-0.4, -0.2) is 57.6 Å². The van der Waals surface area contributed by atoms with Crippen molar-refractivity contribution in [3.05, 3.63) is 82.9 Å². The Kier molecular flexibility index (Phi) is 5.84. The van der Waals surface area contributed by atoms with E-state index in [1.54, 1.807) is 32.8 Å². The fraction of sp³-hybridized carbons (Fsp3) is 0.292. The lowest BCUT2D eigenvalue weighted by Gasteiger charge is -2.34. The van der Waals surface area contributed by atoms with Crippen LogP contribution in [0.3, 0.4) is 0 Å². The molecule has 7 heteroatoms. The molecule has 1 saturated heterocycles. The summed E-state index contributed by atoms with van der Waals surface area (Å²) in [6.07, 6.45) is 2.49. The van der Waals surface area contributed by atoms with Gasteiger partial charge in [0.1, 0.15) is 5.82 Å². The Bertz CT molecular complexity index is 1080. The molecule has 1 fully saturated rings. The Balaban J connectivity index is 1.41. The SMILES string of the molecule is CCc1ccc(C(=O)N2CCN(C(=O)c3cnn(-c4ccc(F)cc4)c3C)CC2)cc1. The van der Waals surface area contributed by atoms with Crippen molar-refractivity contribution in [2.24, 2.45) is 0 Å². The predicted molar refractivity (Wildman–Crippen MR) is 116 cm³/mol. The lowest BCUT2D eigenvalue weighted by Crippen LogP contribution is -2.50. The van der Waals surface area contributed by atoms with Gasteiger partial charge in [-0.25, -0.2) is 9.07 Å². The molecular weight excluding hydrogens is 395 g/mol. The first kappa shape index (κ1) is 20.8. The number of nitrogens with zero attached hydrogens (tertiary/aromatic N) is 4. The zero-order chi connectivity index (χ0) is 22.0. The van der Waals surface area contributed by atoms with Gasteiger partial charge < -0.3 is 9.80 Å². The van der Waals surface area contributed by atoms with Crippen molar-refractivity contribution >= 4 is 11.8 Å². The Labute approximate surface area is 180 Å². The van der Waals surface area contributed by atoms with Gasteiger partial charge in [-0.1, -0.05) is 19.1 Å². The average Bonchev–Trinajstić information content (AvgIpc) is 3.20. The largest absolute Gasteiger partial charge is 0.335 e. The van der Waals surface area contributed by atoms with Crippen LogP contribution in [0.25, 0.3) is 5.69 Å². The highest BCUT2D eigenvalue weighted by molar-refractivity contribution is 5.96. The molecule has 0 saturated carbocycles. The molecule has 0 radical (unpaired) electrons. The maximum absolute atomic E-state index is 13.2. The first-order valence-corrected chi connectivity index (χ1v) is 10.5. The third-order valence-electron chi connectivity index (χ3n) is 5.77. The van der Waals surface area contributed by atoms with Gasteiger partial charge in [-0.15, -0.1) is 0 Å². The van der Waals surface area contributed by atoms with Gasteiger partial charge in [0, 0.05) is 31.7 Å². The van der Waals surface area contributed by atoms with Crippen LogP contribution in [0.4, 0.5) is 4.39 Å². The molecule has 0 aliphatic carbocycles. The molecule has 0 spiro atoms. The third-order valence-corrected chi connectivity index (χ3v) is 5.77. The summed E-state index contributed by atoms with van der Waals surface area (Å²) in [5, 5.41) is 4.31. The van der Waals surface area contributed by atoms with E-state index in [0.717, 1.165) is 6.42 Å². The first-order valence-electron chi connectivity index (χ1n) is 10.5. The van der Waals surface area contributed by atoms with Crippen molar-refractivity contribution in [2.45, 2.75) is 20.3 Å². The minimum Gasteiger partial charge on any atom is -0.335 e. The summed E-state index contributed by atoms with van der Waals surface area (Å²) < 4.78 is 14.8. The molecule has 160 valence electrons. The maximum Gasteiger partial charge on any atom is 0.257 e. The minimum atomic E-state index is -0.321. The molecule has 0 unspecified atom stereocenters. The lowest BCUT2D eigenvalue weighted by atomic mass is 10.1. The van der Waals surface area contributed by atoms with E-state index in [1.165, 1.54) is 17.7 Å². The smallest absolute Gasteiger partial charge is 0.257 e. The topological polar surface area (TPSA) is 58.4 Å². The van der Waals surface area contributed by atoms with Gasteiger partial charge in [-0.05, 0) is 55.3 Å². The molecule has 2 heterocycles. The van der Waals surface area contributed by atoms with E-state index < -0.39 is 0 Å². The quantitative estimate of drug-likeness (QED) is 0.649. The average molecular weight is 420 g/mol. The Morgan fingerprint density at radius 1 is 0.903 bits per heavy atom. The number of hydrogen-bond donors (Lipinski definition) is 0. The maximum atomic E-state index is 13.2. The second-order valence-corrected chi connectivity index (χ2v) is 7.67. The van der Waals surface area contributed by atoms with E-state index >= 15 is 0 Å². The zero-order valence-corrected chi connectivity index (χ0v) is 17.7. The second kappa shape index (κ2) is 8.71. The minimum absolute atomic E-state index is 0.00457. The van der Waals surface area contributed by atoms with Gasteiger partial charge >= 0.3 is 0 Å². The number of carbonyl (C=O) groups excluding carboxylic acids is 2. The number of aryl methyl sites for hydroxylation is 1. The van der Waals surface area contributed by atoms with Crippen LogP contribution in [0.1, 0.15) is 38.9 Å². The van der Waals surface area contributed by atoms with Crippen molar-refractivity contribution in [1.82, 2.24) is 19.6 Å². The standard InChI is InChI=1S/C24H25FN4O2/c1-3-18-4-6-19(7-5-18)23(30)27-12-14-28(15-13-27)24(31)22-16-26-29(17(22)2)21-10-8-20(25)9-11-21/h4-11,16H,3,12-15H2,1-2H3. The van der Waals surface area contributed by atoms with E-state index in [2.05, 4.69) is 12.0 Å². The predicted octanol–water partition coefficient (Wildman–Crippen LogP) is 3.48. The number of piperazine rings is 1. The van der Waals surface area contributed by atoms with Crippen LogP contribution in [0.5, 0.6) is 0 Å². The number of hydrogen-bond acceptors (Lipinski definition) is 3. The summed E-state index contributed by atoms with van der Waals surface area (Å²) in [6.45, 7) is 5.83. The van der Waals surface area contributed by atoms with Crippen molar-refractivity contribution < 1.29 is 14.0 Å². The monoisotopic (exact) mass is 420 g/mol. The molecule has 2 aromatic carbocycles. The van der Waals surface area contributed by atoms with E-state index in [9.17, 15) is 14.0 Å². The highest BCUT2D eigenvalue weighted by Crippen LogP contribution is 2.18. The van der Waals surface area contributed by atoms with Gasteiger partial charge in [0.25, 0.3) is 11.8 Å².